The van der Waals surface area contributed by atoms with Gasteiger partial charge in [-0.05, 0) is 43.2 Å². The summed E-state index contributed by atoms with van der Waals surface area (Å²) in [6, 6.07) is 11.6. The molecule has 2 rings (SSSR count). The van der Waals surface area contributed by atoms with Crippen LogP contribution in [0, 0.1) is 0 Å². The second kappa shape index (κ2) is 8.17. The van der Waals surface area contributed by atoms with Gasteiger partial charge in [0, 0.05) is 23.0 Å². The summed E-state index contributed by atoms with van der Waals surface area (Å²) >= 11 is 7.53. The molecule has 4 nitrogen and oxygen atoms in total. The zero-order valence-corrected chi connectivity index (χ0v) is 14.2. The van der Waals surface area contributed by atoms with E-state index in [-0.39, 0.29) is 12.1 Å². The Labute approximate surface area is 140 Å². The fraction of sp³-hybridized carbons (Fsp3) is 0.312. The lowest BCUT2D eigenvalue weighted by molar-refractivity contribution is 0.233. The summed E-state index contributed by atoms with van der Waals surface area (Å²) in [7, 11) is 4.02. The molecule has 22 heavy (non-hydrogen) atoms. The van der Waals surface area contributed by atoms with E-state index in [4.69, 9.17) is 11.6 Å². The SMILES string of the molecule is CN(C)C(CNC(=O)NCc1ccc(Cl)cc1)c1cccs1. The Morgan fingerprint density at radius 2 is 1.95 bits per heavy atom. The van der Waals surface area contributed by atoms with Gasteiger partial charge in [0.15, 0.2) is 0 Å². The van der Waals surface area contributed by atoms with Gasteiger partial charge in [-0.3, -0.25) is 0 Å². The predicted octanol–water partition coefficient (Wildman–Crippen LogP) is 3.50. The lowest BCUT2D eigenvalue weighted by Gasteiger charge is -2.23. The third-order valence-corrected chi connectivity index (χ3v) is 4.54. The number of nitrogens with zero attached hydrogens (tertiary/aromatic N) is 1. The van der Waals surface area contributed by atoms with E-state index in [1.165, 1.54) is 4.88 Å². The van der Waals surface area contributed by atoms with E-state index in [9.17, 15) is 4.79 Å². The highest BCUT2D eigenvalue weighted by atomic mass is 35.5. The number of likely N-dealkylation sites (N-methyl/N-ethyl adjacent to an activating group) is 1. The molecule has 0 fully saturated rings. The average Bonchev–Trinajstić information content (AvgIpc) is 3.00. The third-order valence-electron chi connectivity index (χ3n) is 3.32. The minimum Gasteiger partial charge on any atom is -0.336 e. The summed E-state index contributed by atoms with van der Waals surface area (Å²) in [4.78, 5) is 15.3. The van der Waals surface area contributed by atoms with Crippen molar-refractivity contribution in [3.63, 3.8) is 0 Å². The molecule has 2 aromatic rings. The molecule has 2 N–H and O–H groups in total. The summed E-state index contributed by atoms with van der Waals surface area (Å²) < 4.78 is 0. The molecule has 1 heterocycles. The molecular weight excluding hydrogens is 318 g/mol. The number of urea groups is 1. The van der Waals surface area contributed by atoms with Crippen LogP contribution in [0.25, 0.3) is 0 Å². The van der Waals surface area contributed by atoms with Gasteiger partial charge in [0.1, 0.15) is 0 Å². The van der Waals surface area contributed by atoms with Crippen molar-refractivity contribution in [3.8, 4) is 0 Å². The lowest BCUT2D eigenvalue weighted by Crippen LogP contribution is -2.40. The van der Waals surface area contributed by atoms with Gasteiger partial charge in [-0.15, -0.1) is 11.3 Å². The number of halogens is 1. The van der Waals surface area contributed by atoms with E-state index in [2.05, 4.69) is 21.6 Å². The predicted molar refractivity (Wildman–Crippen MR) is 92.4 cm³/mol. The summed E-state index contributed by atoms with van der Waals surface area (Å²) in [5.74, 6) is 0. The highest BCUT2D eigenvalue weighted by molar-refractivity contribution is 7.10. The quantitative estimate of drug-likeness (QED) is 0.847. The Bertz CT molecular complexity index is 584. The van der Waals surface area contributed by atoms with Crippen LogP contribution < -0.4 is 10.6 Å². The van der Waals surface area contributed by atoms with Crippen molar-refractivity contribution >= 4 is 29.0 Å². The van der Waals surface area contributed by atoms with Crippen LogP contribution in [0.3, 0.4) is 0 Å². The fourth-order valence-electron chi connectivity index (χ4n) is 2.05. The first-order chi connectivity index (χ1) is 10.6. The Hall–Kier alpha value is -1.56. The molecule has 0 aliphatic heterocycles. The number of rotatable bonds is 6. The molecular formula is C16H20ClN3OS. The summed E-state index contributed by atoms with van der Waals surface area (Å²) in [6.07, 6.45) is 0. The Kier molecular flexibility index (Phi) is 6.24. The van der Waals surface area contributed by atoms with Gasteiger partial charge in [0.05, 0.1) is 6.04 Å². The van der Waals surface area contributed by atoms with E-state index < -0.39 is 0 Å². The molecule has 0 aliphatic carbocycles. The molecule has 6 heteroatoms. The molecule has 0 saturated carbocycles. The van der Waals surface area contributed by atoms with Crippen molar-refractivity contribution < 1.29 is 4.79 Å². The number of benzene rings is 1. The van der Waals surface area contributed by atoms with Crippen molar-refractivity contribution in [1.29, 1.82) is 0 Å². The van der Waals surface area contributed by atoms with Crippen LogP contribution in [0.15, 0.2) is 41.8 Å². The zero-order chi connectivity index (χ0) is 15.9. The normalized spacial score (nSPS) is 12.2. The van der Waals surface area contributed by atoms with Gasteiger partial charge in [0.25, 0.3) is 0 Å². The number of nitrogens with one attached hydrogen (secondary N) is 2. The highest BCUT2D eigenvalue weighted by Crippen LogP contribution is 2.22. The van der Waals surface area contributed by atoms with Gasteiger partial charge in [0.2, 0.25) is 0 Å². The van der Waals surface area contributed by atoms with Crippen LogP contribution in [0.4, 0.5) is 4.79 Å². The van der Waals surface area contributed by atoms with Crippen LogP contribution in [-0.2, 0) is 6.54 Å². The van der Waals surface area contributed by atoms with Crippen molar-refractivity contribution in [3.05, 3.63) is 57.2 Å². The van der Waals surface area contributed by atoms with Crippen LogP contribution in [0.1, 0.15) is 16.5 Å². The van der Waals surface area contributed by atoms with Gasteiger partial charge < -0.3 is 15.5 Å². The third kappa shape index (κ3) is 5.02. The van der Waals surface area contributed by atoms with Gasteiger partial charge in [-0.25, -0.2) is 4.79 Å². The van der Waals surface area contributed by atoms with Crippen molar-refractivity contribution in [1.82, 2.24) is 15.5 Å². The van der Waals surface area contributed by atoms with Crippen LogP contribution in [-0.4, -0.2) is 31.6 Å². The monoisotopic (exact) mass is 337 g/mol. The zero-order valence-electron chi connectivity index (χ0n) is 12.7. The average molecular weight is 338 g/mol. The van der Waals surface area contributed by atoms with Gasteiger partial charge >= 0.3 is 6.03 Å². The minimum atomic E-state index is -0.168. The number of thiophene rings is 1. The summed E-state index contributed by atoms with van der Waals surface area (Å²) in [5.41, 5.74) is 1.02. The number of hydrogen-bond donors (Lipinski definition) is 2. The number of hydrogen-bond acceptors (Lipinski definition) is 3. The topological polar surface area (TPSA) is 44.4 Å². The fourth-order valence-corrected chi connectivity index (χ4v) is 3.10. The molecule has 0 aliphatic rings. The second-order valence-electron chi connectivity index (χ2n) is 5.18. The number of amides is 2. The highest BCUT2D eigenvalue weighted by Gasteiger charge is 2.15. The molecule has 1 aromatic carbocycles. The van der Waals surface area contributed by atoms with Gasteiger partial charge in [-0.2, -0.15) is 0 Å². The second-order valence-corrected chi connectivity index (χ2v) is 6.60. The molecule has 0 spiro atoms. The number of carbonyl (C=O) groups excluding carboxylic acids is 1. The van der Waals surface area contributed by atoms with Crippen molar-refractivity contribution in [2.24, 2.45) is 0 Å². The molecule has 1 atom stereocenters. The smallest absolute Gasteiger partial charge is 0.315 e. The standard InChI is InChI=1S/C16H20ClN3OS/c1-20(2)14(15-4-3-9-22-15)11-19-16(21)18-10-12-5-7-13(17)8-6-12/h3-9,14H,10-11H2,1-2H3,(H2,18,19,21). The molecule has 0 bridgehead atoms. The molecule has 1 aromatic heterocycles. The largest absolute Gasteiger partial charge is 0.336 e. The first-order valence-corrected chi connectivity index (χ1v) is 8.28. The molecule has 2 amide bonds. The Morgan fingerprint density at radius 1 is 1.23 bits per heavy atom. The molecule has 0 saturated heterocycles. The van der Waals surface area contributed by atoms with E-state index in [0.29, 0.717) is 18.1 Å². The molecule has 0 radical (unpaired) electrons. The maximum atomic E-state index is 11.9. The van der Waals surface area contributed by atoms with Crippen LogP contribution in [0.2, 0.25) is 5.02 Å². The van der Waals surface area contributed by atoms with E-state index in [1.54, 1.807) is 11.3 Å². The van der Waals surface area contributed by atoms with E-state index in [0.717, 1.165) is 5.56 Å². The van der Waals surface area contributed by atoms with Gasteiger partial charge in [-0.1, -0.05) is 29.8 Å². The maximum absolute atomic E-state index is 11.9. The van der Waals surface area contributed by atoms with Crippen molar-refractivity contribution in [2.75, 3.05) is 20.6 Å². The Balaban J connectivity index is 1.80. The first-order valence-electron chi connectivity index (χ1n) is 7.02. The number of carbonyl (C=O) groups is 1. The Morgan fingerprint density at radius 3 is 2.55 bits per heavy atom. The van der Waals surface area contributed by atoms with Crippen LogP contribution >= 0.6 is 22.9 Å². The molecule has 1 unspecified atom stereocenters. The van der Waals surface area contributed by atoms with E-state index in [1.807, 2.05) is 49.8 Å². The summed E-state index contributed by atoms with van der Waals surface area (Å²) in [5, 5.41) is 8.51. The van der Waals surface area contributed by atoms with Crippen LogP contribution in [0.5, 0.6) is 0 Å². The minimum absolute atomic E-state index is 0.168. The molecule has 118 valence electrons. The first kappa shape index (κ1) is 16.8. The lowest BCUT2D eigenvalue weighted by atomic mass is 10.2. The van der Waals surface area contributed by atoms with Crippen molar-refractivity contribution in [2.45, 2.75) is 12.6 Å². The maximum Gasteiger partial charge on any atom is 0.315 e. The summed E-state index contributed by atoms with van der Waals surface area (Å²) in [6.45, 7) is 1.05. The van der Waals surface area contributed by atoms with E-state index >= 15 is 0 Å².